The van der Waals surface area contributed by atoms with Crippen LogP contribution in [-0.4, -0.2) is 36.7 Å². The van der Waals surface area contributed by atoms with Crippen molar-refractivity contribution >= 4 is 15.8 Å². The third-order valence-electron chi connectivity index (χ3n) is 2.66. The average molecular weight is 307 g/mol. The molecule has 0 fully saturated rings. The summed E-state index contributed by atoms with van der Waals surface area (Å²) < 4.78 is 15.7. The molecular weight excluding hydrogens is 294 g/mol. The van der Waals surface area contributed by atoms with E-state index in [4.69, 9.17) is 10.2 Å². The van der Waals surface area contributed by atoms with E-state index >= 15 is 0 Å². The van der Waals surface area contributed by atoms with Crippen molar-refractivity contribution in [3.8, 4) is 11.4 Å². The highest BCUT2D eigenvalue weighted by molar-refractivity contribution is 7.93. The van der Waals surface area contributed by atoms with E-state index in [2.05, 4.69) is 14.3 Å². The van der Waals surface area contributed by atoms with Gasteiger partial charge in [0.05, 0.1) is 26.9 Å². The van der Waals surface area contributed by atoms with Gasteiger partial charge in [0, 0.05) is 18.0 Å². The molecule has 1 aromatic heterocycles. The number of carboxylic acid groups (broad SMARTS) is 1. The van der Waals surface area contributed by atoms with Gasteiger partial charge in [-0.15, -0.1) is 4.36 Å². The Kier molecular flexibility index (Phi) is 4.29. The van der Waals surface area contributed by atoms with Crippen LogP contribution in [0.1, 0.15) is 5.69 Å². The number of aromatic nitrogens is 2. The lowest BCUT2D eigenvalue weighted by atomic mass is 10.2. The molecule has 2 aromatic rings. The molecule has 1 aromatic carbocycles. The number of hydrogen-bond acceptors (Lipinski definition) is 5. The van der Waals surface area contributed by atoms with Crippen molar-refractivity contribution in [2.24, 2.45) is 4.36 Å². The summed E-state index contributed by atoms with van der Waals surface area (Å²) >= 11 is 0. The fourth-order valence-corrected chi connectivity index (χ4v) is 3.09. The second kappa shape index (κ2) is 5.98. The van der Waals surface area contributed by atoms with Gasteiger partial charge in [0.15, 0.2) is 5.82 Å². The monoisotopic (exact) mass is 307 g/mol. The Morgan fingerprint density at radius 3 is 2.71 bits per heavy atom. The number of aliphatic hydroxyl groups excluding tert-OH is 1. The van der Waals surface area contributed by atoms with E-state index in [-0.39, 0.29) is 17.3 Å². The van der Waals surface area contributed by atoms with Gasteiger partial charge in [0.2, 0.25) is 0 Å². The minimum absolute atomic E-state index is 0.238. The predicted molar refractivity (Wildman–Crippen MR) is 76.2 cm³/mol. The average Bonchev–Trinajstić information content (AvgIpc) is 2.46. The first kappa shape index (κ1) is 15.1. The van der Waals surface area contributed by atoms with Crippen LogP contribution in [0.2, 0.25) is 0 Å². The predicted octanol–water partition coefficient (Wildman–Crippen LogP) is 1.77. The molecule has 2 N–H and O–H groups in total. The van der Waals surface area contributed by atoms with E-state index in [1.165, 1.54) is 18.5 Å². The summed E-state index contributed by atoms with van der Waals surface area (Å²) in [5.74, 6) is 0.257. The molecule has 0 spiro atoms. The van der Waals surface area contributed by atoms with Gasteiger partial charge in [-0.25, -0.2) is 19.0 Å². The minimum Gasteiger partial charge on any atom is -0.463 e. The van der Waals surface area contributed by atoms with Gasteiger partial charge in [-0.2, -0.15) is 0 Å². The van der Waals surface area contributed by atoms with Crippen LogP contribution < -0.4 is 0 Å². The number of nitrogens with zero attached hydrogens (tertiary/aromatic N) is 3. The number of amides is 1. The van der Waals surface area contributed by atoms with Crippen LogP contribution in [0, 0.1) is 0 Å². The molecule has 7 nitrogen and oxygen atoms in total. The smallest absolute Gasteiger partial charge is 0.439 e. The van der Waals surface area contributed by atoms with Crippen molar-refractivity contribution in [1.29, 1.82) is 0 Å². The van der Waals surface area contributed by atoms with Crippen molar-refractivity contribution in [2.75, 3.05) is 6.26 Å². The quantitative estimate of drug-likeness (QED) is 0.893. The summed E-state index contributed by atoms with van der Waals surface area (Å²) in [5, 5.41) is 17.9. The number of carbonyl (C=O) groups is 1. The highest BCUT2D eigenvalue weighted by Crippen LogP contribution is 2.25. The molecule has 0 aliphatic heterocycles. The molecule has 0 bridgehead atoms. The molecule has 1 unspecified atom stereocenters. The summed E-state index contributed by atoms with van der Waals surface area (Å²) in [6.45, 7) is -0.251. The number of aliphatic hydroxyl groups is 1. The molecule has 2 rings (SSSR count). The van der Waals surface area contributed by atoms with Gasteiger partial charge >= 0.3 is 6.09 Å². The Labute approximate surface area is 121 Å². The maximum atomic E-state index is 12.5. The topological polar surface area (TPSA) is 113 Å². The van der Waals surface area contributed by atoms with E-state index < -0.39 is 15.8 Å². The molecule has 0 aliphatic carbocycles. The molecule has 0 radical (unpaired) electrons. The first-order valence-corrected chi connectivity index (χ1v) is 7.83. The largest absolute Gasteiger partial charge is 0.463 e. The van der Waals surface area contributed by atoms with Crippen molar-refractivity contribution in [2.45, 2.75) is 11.5 Å². The SMILES string of the molecule is CS(=O)(=NC(=O)O)c1ccccc1-c1nccc(CO)n1. The number of benzene rings is 1. The maximum Gasteiger partial charge on any atom is 0.439 e. The van der Waals surface area contributed by atoms with Gasteiger partial charge in [0.1, 0.15) is 0 Å². The lowest BCUT2D eigenvalue weighted by Gasteiger charge is -2.09. The molecule has 21 heavy (non-hydrogen) atoms. The van der Waals surface area contributed by atoms with Crippen molar-refractivity contribution in [1.82, 2.24) is 9.97 Å². The fraction of sp³-hybridized carbons (Fsp3) is 0.154. The molecule has 0 saturated carbocycles. The fourth-order valence-electron chi connectivity index (χ4n) is 1.79. The van der Waals surface area contributed by atoms with E-state index in [0.717, 1.165) is 0 Å². The zero-order valence-corrected chi connectivity index (χ0v) is 11.9. The number of rotatable bonds is 3. The Hall–Kier alpha value is -2.32. The highest BCUT2D eigenvalue weighted by Gasteiger charge is 2.16. The van der Waals surface area contributed by atoms with E-state index in [1.54, 1.807) is 24.3 Å². The van der Waals surface area contributed by atoms with Crippen molar-refractivity contribution in [3.63, 3.8) is 0 Å². The lowest BCUT2D eigenvalue weighted by Crippen LogP contribution is -2.05. The zero-order valence-electron chi connectivity index (χ0n) is 11.1. The maximum absolute atomic E-state index is 12.5. The second-order valence-corrected chi connectivity index (χ2v) is 6.43. The molecular formula is C13H13N3O4S. The molecule has 1 atom stereocenters. The van der Waals surface area contributed by atoms with Crippen molar-refractivity contribution in [3.05, 3.63) is 42.2 Å². The molecule has 0 aliphatic rings. The summed E-state index contributed by atoms with van der Waals surface area (Å²) in [4.78, 5) is 19.2. The normalized spacial score (nSPS) is 13.4. The second-order valence-electron chi connectivity index (χ2n) is 4.20. The van der Waals surface area contributed by atoms with Gasteiger partial charge in [0.25, 0.3) is 0 Å². The zero-order chi connectivity index (χ0) is 15.5. The minimum atomic E-state index is -3.12. The summed E-state index contributed by atoms with van der Waals surface area (Å²) in [6, 6.07) is 8.04. The van der Waals surface area contributed by atoms with Gasteiger partial charge in [-0.05, 0) is 18.2 Å². The van der Waals surface area contributed by atoms with Crippen molar-refractivity contribution < 1.29 is 19.2 Å². The number of hydrogen-bond donors (Lipinski definition) is 2. The summed E-state index contributed by atoms with van der Waals surface area (Å²) in [6.07, 6.45) is 1.22. The molecule has 1 heterocycles. The molecule has 1 amide bonds. The van der Waals surface area contributed by atoms with Crippen LogP contribution in [0.3, 0.4) is 0 Å². The molecule has 0 saturated heterocycles. The van der Waals surface area contributed by atoms with Gasteiger partial charge in [-0.3, -0.25) is 0 Å². The van der Waals surface area contributed by atoms with Gasteiger partial charge < -0.3 is 10.2 Å². The Morgan fingerprint density at radius 2 is 2.05 bits per heavy atom. The van der Waals surface area contributed by atoms with Crippen LogP contribution in [0.5, 0.6) is 0 Å². The molecule has 110 valence electrons. The summed E-state index contributed by atoms with van der Waals surface area (Å²) in [7, 11) is -3.12. The van der Waals surface area contributed by atoms with Crippen LogP contribution in [0.25, 0.3) is 11.4 Å². The van der Waals surface area contributed by atoms with Crippen LogP contribution in [0.4, 0.5) is 4.79 Å². The van der Waals surface area contributed by atoms with Gasteiger partial charge in [-0.1, -0.05) is 12.1 Å². The standard InChI is InChI=1S/C13H13N3O4S/c1-21(20,16-13(18)19)11-5-3-2-4-10(11)12-14-7-6-9(8-17)15-12/h2-7,17H,8H2,1H3,(H,18,19). The molecule has 8 heteroatoms. The van der Waals surface area contributed by atoms with Crippen LogP contribution >= 0.6 is 0 Å². The van der Waals surface area contributed by atoms with E-state index in [1.807, 2.05) is 0 Å². The Morgan fingerprint density at radius 1 is 1.33 bits per heavy atom. The summed E-state index contributed by atoms with van der Waals surface area (Å²) in [5.41, 5.74) is 0.831. The van der Waals surface area contributed by atoms with Crippen LogP contribution in [0.15, 0.2) is 45.8 Å². The first-order valence-electron chi connectivity index (χ1n) is 5.91. The first-order chi connectivity index (χ1) is 9.94. The third kappa shape index (κ3) is 3.41. The van der Waals surface area contributed by atoms with E-state index in [0.29, 0.717) is 11.3 Å². The lowest BCUT2D eigenvalue weighted by molar-refractivity contribution is 0.206. The van der Waals surface area contributed by atoms with E-state index in [9.17, 15) is 9.00 Å². The van der Waals surface area contributed by atoms with Crippen LogP contribution in [-0.2, 0) is 16.3 Å². The Balaban J connectivity index is 2.67. The third-order valence-corrected chi connectivity index (χ3v) is 4.34. The Bertz CT molecular complexity index is 798. The highest BCUT2D eigenvalue weighted by atomic mass is 32.2.